The van der Waals surface area contributed by atoms with E-state index in [4.69, 9.17) is 9.84 Å². The van der Waals surface area contributed by atoms with Gasteiger partial charge in [-0.25, -0.2) is 0 Å². The monoisotopic (exact) mass is 395 g/mol. The Morgan fingerprint density at radius 3 is 2.29 bits per heavy atom. The summed E-state index contributed by atoms with van der Waals surface area (Å²) >= 11 is 0. The normalized spacial score (nSPS) is 12.8. The highest BCUT2D eigenvalue weighted by atomic mass is 19.4. The van der Waals surface area contributed by atoms with Crippen LogP contribution < -0.4 is 4.74 Å². The van der Waals surface area contributed by atoms with Crippen LogP contribution in [0.4, 0.5) is 13.2 Å². The van der Waals surface area contributed by atoms with Crippen molar-refractivity contribution < 1.29 is 27.8 Å². The van der Waals surface area contributed by atoms with E-state index in [0.29, 0.717) is 31.7 Å². The van der Waals surface area contributed by atoms with Gasteiger partial charge in [-0.2, -0.15) is 13.2 Å². The minimum atomic E-state index is -4.38. The molecule has 0 aliphatic rings. The van der Waals surface area contributed by atoms with Crippen LogP contribution in [0.2, 0.25) is 0 Å². The highest BCUT2D eigenvalue weighted by Gasteiger charge is 2.30. The van der Waals surface area contributed by atoms with Crippen LogP contribution in [0.5, 0.6) is 5.75 Å². The molecule has 0 spiro atoms. The van der Waals surface area contributed by atoms with Crippen molar-refractivity contribution in [1.82, 2.24) is 4.90 Å². The van der Waals surface area contributed by atoms with E-state index in [9.17, 15) is 18.0 Å². The highest BCUT2D eigenvalue weighted by Crippen LogP contribution is 2.32. The van der Waals surface area contributed by atoms with Crippen LogP contribution in [-0.2, 0) is 11.0 Å². The lowest BCUT2D eigenvalue weighted by molar-refractivity contribution is -0.138. The molecule has 0 amide bonds. The summed E-state index contributed by atoms with van der Waals surface area (Å²) in [7, 11) is 1.90. The average molecular weight is 395 g/mol. The molecule has 0 bridgehead atoms. The molecule has 2 rings (SSSR count). The predicted octanol–water partition coefficient (Wildman–Crippen LogP) is 5.01. The number of halogens is 3. The summed E-state index contributed by atoms with van der Waals surface area (Å²) in [4.78, 5) is 12.6. The van der Waals surface area contributed by atoms with Gasteiger partial charge in [0.1, 0.15) is 11.9 Å². The molecule has 0 saturated carbocycles. The molecule has 7 heteroatoms. The maximum Gasteiger partial charge on any atom is 0.416 e. The molecule has 0 fully saturated rings. The van der Waals surface area contributed by atoms with E-state index in [1.807, 2.05) is 42.3 Å². The van der Waals surface area contributed by atoms with Gasteiger partial charge in [0.15, 0.2) is 0 Å². The number of nitrogens with zero attached hydrogens (tertiary/aromatic N) is 1. The van der Waals surface area contributed by atoms with Crippen molar-refractivity contribution in [3.8, 4) is 5.75 Å². The van der Waals surface area contributed by atoms with Gasteiger partial charge in [-0.15, -0.1) is 0 Å². The van der Waals surface area contributed by atoms with Crippen molar-refractivity contribution in [1.29, 1.82) is 0 Å². The summed E-state index contributed by atoms with van der Waals surface area (Å²) < 4.78 is 44.1. The maximum absolute atomic E-state index is 12.7. The molecule has 0 unspecified atom stereocenters. The van der Waals surface area contributed by atoms with Crippen molar-refractivity contribution in [3.05, 3.63) is 65.7 Å². The first-order valence-electron chi connectivity index (χ1n) is 9.05. The van der Waals surface area contributed by atoms with Gasteiger partial charge in [-0.3, -0.25) is 4.79 Å². The van der Waals surface area contributed by atoms with Gasteiger partial charge in [-0.05, 0) is 49.8 Å². The van der Waals surface area contributed by atoms with E-state index in [1.165, 1.54) is 12.1 Å². The molecular formula is C21H24F3NO3. The number of carboxylic acids is 1. The topological polar surface area (TPSA) is 49.8 Å². The zero-order chi connectivity index (χ0) is 20.6. The zero-order valence-electron chi connectivity index (χ0n) is 15.7. The summed E-state index contributed by atoms with van der Waals surface area (Å²) in [5.41, 5.74) is 0.218. The van der Waals surface area contributed by atoms with E-state index in [1.54, 1.807) is 0 Å². The molecule has 1 N–H and O–H groups in total. The van der Waals surface area contributed by atoms with E-state index in [-0.39, 0.29) is 12.5 Å². The van der Waals surface area contributed by atoms with Crippen LogP contribution in [0.1, 0.15) is 36.5 Å². The number of alkyl halides is 3. The van der Waals surface area contributed by atoms with E-state index in [0.717, 1.165) is 17.7 Å². The predicted molar refractivity (Wildman–Crippen MR) is 100 cm³/mol. The Morgan fingerprint density at radius 2 is 1.71 bits per heavy atom. The van der Waals surface area contributed by atoms with Crippen molar-refractivity contribution in [3.63, 3.8) is 0 Å². The van der Waals surface area contributed by atoms with Crippen LogP contribution >= 0.6 is 0 Å². The van der Waals surface area contributed by atoms with Crippen LogP contribution in [0, 0.1) is 0 Å². The summed E-state index contributed by atoms with van der Waals surface area (Å²) in [6.45, 7) is 1.31. The van der Waals surface area contributed by atoms with Gasteiger partial charge < -0.3 is 14.7 Å². The molecule has 2 aromatic carbocycles. The van der Waals surface area contributed by atoms with Crippen molar-refractivity contribution in [2.45, 2.75) is 31.5 Å². The first-order chi connectivity index (χ1) is 13.3. The fourth-order valence-electron chi connectivity index (χ4n) is 2.80. The number of rotatable bonds is 10. The van der Waals surface area contributed by atoms with Gasteiger partial charge in [0.25, 0.3) is 0 Å². The number of carbonyl (C=O) groups is 1. The lowest BCUT2D eigenvalue weighted by atomic mass is 10.1. The molecule has 0 aliphatic carbocycles. The van der Waals surface area contributed by atoms with Crippen LogP contribution in [0.15, 0.2) is 54.6 Å². The summed E-state index contributed by atoms with van der Waals surface area (Å²) in [5.74, 6) is -0.448. The zero-order valence-corrected chi connectivity index (χ0v) is 15.7. The summed E-state index contributed by atoms with van der Waals surface area (Å²) in [5, 5.41) is 8.72. The third-order valence-electron chi connectivity index (χ3n) is 4.33. The van der Waals surface area contributed by atoms with Gasteiger partial charge >= 0.3 is 12.1 Å². The van der Waals surface area contributed by atoms with Crippen LogP contribution in [0.25, 0.3) is 0 Å². The molecule has 4 nitrogen and oxygen atoms in total. The Bertz CT molecular complexity index is 733. The molecule has 0 aromatic heterocycles. The van der Waals surface area contributed by atoms with Crippen LogP contribution in [-0.4, -0.2) is 36.1 Å². The van der Waals surface area contributed by atoms with Gasteiger partial charge in [0, 0.05) is 19.4 Å². The van der Waals surface area contributed by atoms with Crippen molar-refractivity contribution in [2.24, 2.45) is 0 Å². The molecule has 28 heavy (non-hydrogen) atoms. The van der Waals surface area contributed by atoms with Gasteiger partial charge in [-0.1, -0.05) is 30.3 Å². The Balaban J connectivity index is 2.01. The fourth-order valence-corrected chi connectivity index (χ4v) is 2.80. The summed E-state index contributed by atoms with van der Waals surface area (Å²) in [6, 6.07) is 14.2. The first kappa shape index (κ1) is 21.8. The molecule has 152 valence electrons. The number of carboxylic acid groups (broad SMARTS) is 1. The number of benzene rings is 2. The smallest absolute Gasteiger partial charge is 0.416 e. The SMILES string of the molecule is CN(CCCC(=O)O)CC[C@H](Oc1ccc(C(F)(F)F)cc1)c1ccccc1. The van der Waals surface area contributed by atoms with Crippen LogP contribution in [0.3, 0.4) is 0 Å². The molecule has 0 radical (unpaired) electrons. The number of ether oxygens (including phenoxy) is 1. The molecule has 1 atom stereocenters. The fraction of sp³-hybridized carbons (Fsp3) is 0.381. The van der Waals surface area contributed by atoms with E-state index in [2.05, 4.69) is 0 Å². The van der Waals surface area contributed by atoms with E-state index >= 15 is 0 Å². The lowest BCUT2D eigenvalue weighted by Crippen LogP contribution is -2.24. The van der Waals surface area contributed by atoms with Gasteiger partial charge in [0.2, 0.25) is 0 Å². The highest BCUT2D eigenvalue weighted by molar-refractivity contribution is 5.66. The minimum absolute atomic E-state index is 0.120. The number of hydrogen-bond acceptors (Lipinski definition) is 3. The van der Waals surface area contributed by atoms with E-state index < -0.39 is 17.7 Å². The lowest BCUT2D eigenvalue weighted by Gasteiger charge is -2.23. The molecular weight excluding hydrogens is 371 g/mol. The third-order valence-corrected chi connectivity index (χ3v) is 4.33. The largest absolute Gasteiger partial charge is 0.486 e. The average Bonchev–Trinajstić information content (AvgIpc) is 2.65. The molecule has 2 aromatic rings. The second kappa shape index (κ2) is 10.1. The Hall–Kier alpha value is -2.54. The quantitative estimate of drug-likeness (QED) is 0.614. The Morgan fingerprint density at radius 1 is 1.07 bits per heavy atom. The number of hydrogen-bond donors (Lipinski definition) is 1. The number of aliphatic carboxylic acids is 1. The Kier molecular flexibility index (Phi) is 7.87. The second-order valence-electron chi connectivity index (χ2n) is 6.63. The first-order valence-corrected chi connectivity index (χ1v) is 9.05. The standard InChI is InChI=1S/C21H24F3NO3/c1-25(14-5-8-20(26)27)15-13-19(16-6-3-2-4-7-16)28-18-11-9-17(10-12-18)21(22,23)24/h2-4,6-7,9-12,19H,5,8,13-15H2,1H3,(H,26,27)/t19-/m0/s1. The molecule has 0 saturated heterocycles. The minimum Gasteiger partial charge on any atom is -0.486 e. The second-order valence-corrected chi connectivity index (χ2v) is 6.63. The third kappa shape index (κ3) is 7.23. The van der Waals surface area contributed by atoms with Crippen molar-refractivity contribution >= 4 is 5.97 Å². The van der Waals surface area contributed by atoms with Crippen molar-refractivity contribution in [2.75, 3.05) is 20.1 Å². The molecule has 0 heterocycles. The summed E-state index contributed by atoms with van der Waals surface area (Å²) in [6.07, 6.45) is -3.40. The van der Waals surface area contributed by atoms with Gasteiger partial charge in [0.05, 0.1) is 5.56 Å². The Labute approximate surface area is 162 Å². The maximum atomic E-state index is 12.7. The molecule has 0 aliphatic heterocycles.